The van der Waals surface area contributed by atoms with Crippen LogP contribution in [0.4, 0.5) is 0 Å². The molecule has 0 saturated carbocycles. The van der Waals surface area contributed by atoms with Gasteiger partial charge in [0.2, 0.25) is 0 Å². The van der Waals surface area contributed by atoms with Crippen molar-refractivity contribution in [3.05, 3.63) is 45.5 Å². The molecule has 0 atom stereocenters. The molecule has 2 aromatic heterocycles. The first-order chi connectivity index (χ1) is 10.1. The molecular formula is C15H17NO4S. The third kappa shape index (κ3) is 4.19. The van der Waals surface area contributed by atoms with E-state index >= 15 is 0 Å². The largest absolute Gasteiger partial charge is 0.467 e. The number of hydrogen-bond acceptors (Lipinski definition) is 5. The zero-order valence-electron chi connectivity index (χ0n) is 12.0. The van der Waals surface area contributed by atoms with Crippen molar-refractivity contribution in [2.24, 2.45) is 0 Å². The van der Waals surface area contributed by atoms with Gasteiger partial charge in [-0.2, -0.15) is 0 Å². The molecule has 0 aliphatic rings. The van der Waals surface area contributed by atoms with E-state index in [2.05, 4.69) is 5.32 Å². The highest BCUT2D eigenvalue weighted by molar-refractivity contribution is 7.14. The molecule has 0 aliphatic heterocycles. The van der Waals surface area contributed by atoms with E-state index < -0.39 is 5.97 Å². The van der Waals surface area contributed by atoms with E-state index in [1.165, 1.54) is 17.6 Å². The number of furan rings is 1. The Labute approximate surface area is 126 Å². The Morgan fingerprint density at radius 2 is 2.24 bits per heavy atom. The average molecular weight is 307 g/mol. The van der Waals surface area contributed by atoms with E-state index in [0.717, 1.165) is 16.9 Å². The van der Waals surface area contributed by atoms with Crippen LogP contribution in [0.25, 0.3) is 0 Å². The molecule has 112 valence electrons. The summed E-state index contributed by atoms with van der Waals surface area (Å²) >= 11 is 1.41. The standard InChI is InChI=1S/C15H17NO4S/c1-3-12-10(2)7-13(21-12)15(18)20-9-14(17)16-8-11-5-4-6-19-11/h4-7H,3,8-9H2,1-2H3,(H,16,17). The molecule has 0 radical (unpaired) electrons. The molecule has 5 nitrogen and oxygen atoms in total. The second-order valence-corrected chi connectivity index (χ2v) is 5.64. The lowest BCUT2D eigenvalue weighted by Crippen LogP contribution is -2.28. The summed E-state index contributed by atoms with van der Waals surface area (Å²) in [5.41, 5.74) is 1.08. The minimum absolute atomic E-state index is 0.279. The van der Waals surface area contributed by atoms with Gasteiger partial charge in [0, 0.05) is 4.88 Å². The predicted molar refractivity (Wildman–Crippen MR) is 79.3 cm³/mol. The lowest BCUT2D eigenvalue weighted by atomic mass is 10.2. The Morgan fingerprint density at radius 1 is 1.43 bits per heavy atom. The van der Waals surface area contributed by atoms with Gasteiger partial charge in [-0.05, 0) is 37.1 Å². The topological polar surface area (TPSA) is 68.5 Å². The van der Waals surface area contributed by atoms with Crippen molar-refractivity contribution in [1.82, 2.24) is 5.32 Å². The molecule has 0 fully saturated rings. The van der Waals surface area contributed by atoms with Crippen molar-refractivity contribution in [2.75, 3.05) is 6.61 Å². The summed E-state index contributed by atoms with van der Waals surface area (Å²) < 4.78 is 10.1. The van der Waals surface area contributed by atoms with Crippen LogP contribution in [0.1, 0.15) is 32.8 Å². The molecule has 6 heteroatoms. The molecule has 0 aliphatic carbocycles. The van der Waals surface area contributed by atoms with Gasteiger partial charge in [0.05, 0.1) is 12.8 Å². The Hall–Kier alpha value is -2.08. The van der Waals surface area contributed by atoms with E-state index in [0.29, 0.717) is 10.6 Å². The van der Waals surface area contributed by atoms with Crippen molar-refractivity contribution in [1.29, 1.82) is 0 Å². The van der Waals surface area contributed by atoms with Crippen molar-refractivity contribution >= 4 is 23.2 Å². The molecule has 0 aromatic carbocycles. The lowest BCUT2D eigenvalue weighted by molar-refractivity contribution is -0.124. The maximum atomic E-state index is 11.9. The molecule has 0 saturated heterocycles. The first-order valence-electron chi connectivity index (χ1n) is 6.65. The number of esters is 1. The fraction of sp³-hybridized carbons (Fsp3) is 0.333. The fourth-order valence-corrected chi connectivity index (χ4v) is 2.83. The lowest BCUT2D eigenvalue weighted by Gasteiger charge is -2.04. The monoisotopic (exact) mass is 307 g/mol. The van der Waals surface area contributed by atoms with Crippen molar-refractivity contribution < 1.29 is 18.7 Å². The summed E-state index contributed by atoms with van der Waals surface area (Å²) in [5.74, 6) is -0.171. The predicted octanol–water partition coefficient (Wildman–Crippen LogP) is 2.69. The number of ether oxygens (including phenoxy) is 1. The van der Waals surface area contributed by atoms with Gasteiger partial charge >= 0.3 is 5.97 Å². The number of amides is 1. The van der Waals surface area contributed by atoms with Crippen LogP contribution in [0.3, 0.4) is 0 Å². The summed E-state index contributed by atoms with van der Waals surface area (Å²) in [5, 5.41) is 2.61. The summed E-state index contributed by atoms with van der Waals surface area (Å²) in [6.45, 7) is 3.98. The van der Waals surface area contributed by atoms with Crippen molar-refractivity contribution in [3.63, 3.8) is 0 Å². The molecule has 0 spiro atoms. The van der Waals surface area contributed by atoms with E-state index in [9.17, 15) is 9.59 Å². The Bertz CT molecular complexity index is 616. The first kappa shape index (κ1) is 15.3. The quantitative estimate of drug-likeness (QED) is 0.833. The molecule has 1 N–H and O–H groups in total. The van der Waals surface area contributed by atoms with Gasteiger partial charge in [-0.3, -0.25) is 4.79 Å². The van der Waals surface area contributed by atoms with E-state index in [4.69, 9.17) is 9.15 Å². The minimum Gasteiger partial charge on any atom is -0.467 e. The number of thiophene rings is 1. The highest BCUT2D eigenvalue weighted by atomic mass is 32.1. The Kier molecular flexibility index (Phi) is 5.16. The van der Waals surface area contributed by atoms with Crippen LogP contribution in [-0.2, 0) is 22.5 Å². The molecule has 2 aromatic rings. The van der Waals surface area contributed by atoms with Gasteiger partial charge in [0.25, 0.3) is 5.91 Å². The maximum absolute atomic E-state index is 11.9. The van der Waals surface area contributed by atoms with Gasteiger partial charge in [-0.1, -0.05) is 6.92 Å². The Morgan fingerprint density at radius 3 is 2.86 bits per heavy atom. The number of aryl methyl sites for hydroxylation is 2. The molecule has 0 unspecified atom stereocenters. The van der Waals surface area contributed by atoms with Crippen LogP contribution in [-0.4, -0.2) is 18.5 Å². The van der Waals surface area contributed by atoms with Crippen LogP contribution in [0.15, 0.2) is 28.9 Å². The van der Waals surface area contributed by atoms with E-state index in [-0.39, 0.29) is 19.1 Å². The second-order valence-electron chi connectivity index (χ2n) is 4.50. The summed E-state index contributed by atoms with van der Waals surface area (Å²) in [6, 6.07) is 5.30. The summed E-state index contributed by atoms with van der Waals surface area (Å²) in [7, 11) is 0. The van der Waals surface area contributed by atoms with Crippen molar-refractivity contribution in [2.45, 2.75) is 26.8 Å². The highest BCUT2D eigenvalue weighted by Gasteiger charge is 2.14. The van der Waals surface area contributed by atoms with Crippen LogP contribution < -0.4 is 5.32 Å². The van der Waals surface area contributed by atoms with Crippen LogP contribution >= 0.6 is 11.3 Å². The van der Waals surface area contributed by atoms with Crippen molar-refractivity contribution in [3.8, 4) is 0 Å². The van der Waals surface area contributed by atoms with Crippen LogP contribution in [0.5, 0.6) is 0 Å². The van der Waals surface area contributed by atoms with Gasteiger partial charge in [-0.15, -0.1) is 11.3 Å². The SMILES string of the molecule is CCc1sc(C(=O)OCC(=O)NCc2ccco2)cc1C. The third-order valence-electron chi connectivity index (χ3n) is 2.92. The number of nitrogens with one attached hydrogen (secondary N) is 1. The highest BCUT2D eigenvalue weighted by Crippen LogP contribution is 2.22. The van der Waals surface area contributed by atoms with E-state index in [1.54, 1.807) is 18.2 Å². The summed E-state index contributed by atoms with van der Waals surface area (Å²) in [4.78, 5) is 25.1. The van der Waals surface area contributed by atoms with E-state index in [1.807, 2.05) is 13.8 Å². The van der Waals surface area contributed by atoms with Gasteiger partial charge in [0.1, 0.15) is 10.6 Å². The number of rotatable bonds is 6. The minimum atomic E-state index is -0.462. The van der Waals surface area contributed by atoms with Crippen LogP contribution in [0.2, 0.25) is 0 Å². The normalized spacial score (nSPS) is 10.4. The molecule has 2 rings (SSSR count). The first-order valence-corrected chi connectivity index (χ1v) is 7.47. The molecule has 0 bridgehead atoms. The van der Waals surface area contributed by atoms with Gasteiger partial charge in [0.15, 0.2) is 6.61 Å². The van der Waals surface area contributed by atoms with Gasteiger partial charge in [-0.25, -0.2) is 4.79 Å². The van der Waals surface area contributed by atoms with Crippen LogP contribution in [0, 0.1) is 6.92 Å². The smallest absolute Gasteiger partial charge is 0.348 e. The Balaban J connectivity index is 1.78. The average Bonchev–Trinajstić information content (AvgIpc) is 3.11. The molecule has 21 heavy (non-hydrogen) atoms. The fourth-order valence-electron chi connectivity index (χ4n) is 1.82. The molecule has 1 amide bonds. The molecule has 2 heterocycles. The second kappa shape index (κ2) is 7.08. The number of carbonyl (C=O) groups is 2. The molecular weight excluding hydrogens is 290 g/mol. The van der Waals surface area contributed by atoms with Gasteiger partial charge < -0.3 is 14.5 Å². The summed E-state index contributed by atoms with van der Waals surface area (Å²) in [6.07, 6.45) is 2.42. The maximum Gasteiger partial charge on any atom is 0.348 e. The zero-order chi connectivity index (χ0) is 15.2. The number of carbonyl (C=O) groups excluding carboxylic acids is 2. The number of hydrogen-bond donors (Lipinski definition) is 1. The zero-order valence-corrected chi connectivity index (χ0v) is 12.8. The third-order valence-corrected chi connectivity index (χ3v) is 4.28.